The first-order valence-corrected chi connectivity index (χ1v) is 6.43. The Hall–Kier alpha value is -0.450. The third kappa shape index (κ3) is 3.80. The summed E-state index contributed by atoms with van der Waals surface area (Å²) < 4.78 is 8.71. The van der Waals surface area contributed by atoms with Crippen LogP contribution < -0.4 is 3.61 Å². The number of benzene rings is 1. The van der Waals surface area contributed by atoms with Crippen molar-refractivity contribution < 1.29 is 4.74 Å². The number of hydrogen-bond donors (Lipinski definition) is 0. The van der Waals surface area contributed by atoms with Gasteiger partial charge in [0, 0.05) is 0 Å². The molecular weight excluding hydrogens is 264 g/mol. The second-order valence-corrected chi connectivity index (χ2v) is 4.95. The first-order chi connectivity index (χ1) is 5.93. The van der Waals surface area contributed by atoms with Crippen molar-refractivity contribution in [3.05, 3.63) is 40.7 Å². The van der Waals surface area contributed by atoms with Crippen LogP contribution in [-0.2, 0) is 4.74 Å². The Morgan fingerprint density at radius 2 is 2.08 bits per heavy atom. The predicted molar refractivity (Wildman–Crippen MR) is 52.6 cm³/mol. The van der Waals surface area contributed by atoms with Gasteiger partial charge >= 0.3 is 83.5 Å². The standard InChI is InChI=1S/C10H12OTe/c1-2-11-8-9-12-10-6-4-3-5-7-10/h3-9H,2H2,1H3. The summed E-state index contributed by atoms with van der Waals surface area (Å²) in [4.78, 5) is 0. The molecule has 0 atom stereocenters. The molecule has 1 aromatic rings. The fraction of sp³-hybridized carbons (Fsp3) is 0.200. The van der Waals surface area contributed by atoms with Crippen LogP contribution in [0.15, 0.2) is 40.7 Å². The van der Waals surface area contributed by atoms with Crippen molar-refractivity contribution in [3.63, 3.8) is 0 Å². The number of rotatable bonds is 4. The molecule has 1 aromatic carbocycles. The normalized spacial score (nSPS) is 10.4. The van der Waals surface area contributed by atoms with E-state index in [4.69, 9.17) is 4.74 Å². The monoisotopic (exact) mass is 278 g/mol. The Morgan fingerprint density at radius 1 is 1.33 bits per heavy atom. The summed E-state index contributed by atoms with van der Waals surface area (Å²) >= 11 is -0.162. The minimum atomic E-state index is -0.162. The molecule has 1 nitrogen and oxygen atoms in total. The summed E-state index contributed by atoms with van der Waals surface area (Å²) in [5, 5.41) is 0. The molecule has 0 spiro atoms. The van der Waals surface area contributed by atoms with E-state index in [1.807, 2.05) is 19.3 Å². The SMILES string of the molecule is CCOC=C[Te]c1ccccc1. The van der Waals surface area contributed by atoms with Crippen LogP contribution in [0.3, 0.4) is 0 Å². The van der Waals surface area contributed by atoms with Crippen LogP contribution >= 0.6 is 0 Å². The molecule has 0 saturated carbocycles. The molecule has 64 valence electrons. The Balaban J connectivity index is 2.33. The van der Waals surface area contributed by atoms with E-state index in [9.17, 15) is 0 Å². The van der Waals surface area contributed by atoms with Gasteiger partial charge in [-0.1, -0.05) is 0 Å². The van der Waals surface area contributed by atoms with Crippen LogP contribution in [0, 0.1) is 0 Å². The molecule has 0 unspecified atom stereocenters. The summed E-state index contributed by atoms with van der Waals surface area (Å²) in [7, 11) is 0. The summed E-state index contributed by atoms with van der Waals surface area (Å²) in [5.74, 6) is 0. The zero-order valence-corrected chi connectivity index (χ0v) is 9.40. The quantitative estimate of drug-likeness (QED) is 0.598. The average molecular weight is 276 g/mol. The van der Waals surface area contributed by atoms with E-state index in [2.05, 4.69) is 28.4 Å². The number of ether oxygens (including phenoxy) is 1. The van der Waals surface area contributed by atoms with Gasteiger partial charge in [-0.25, -0.2) is 0 Å². The van der Waals surface area contributed by atoms with Gasteiger partial charge in [-0.15, -0.1) is 0 Å². The van der Waals surface area contributed by atoms with Gasteiger partial charge in [0.05, 0.1) is 0 Å². The summed E-state index contributed by atoms with van der Waals surface area (Å²) in [6.07, 6.45) is 1.81. The average Bonchev–Trinajstić information content (AvgIpc) is 2.14. The maximum absolute atomic E-state index is 5.11. The molecule has 0 radical (unpaired) electrons. The zero-order valence-electron chi connectivity index (χ0n) is 7.07. The summed E-state index contributed by atoms with van der Waals surface area (Å²) in [5.41, 5.74) is 0. The van der Waals surface area contributed by atoms with Crippen molar-refractivity contribution in [1.82, 2.24) is 0 Å². The predicted octanol–water partition coefficient (Wildman–Crippen LogP) is 1.52. The molecule has 1 rings (SSSR count). The molecule has 0 bridgehead atoms. The number of hydrogen-bond acceptors (Lipinski definition) is 1. The van der Waals surface area contributed by atoms with E-state index in [1.54, 1.807) is 0 Å². The van der Waals surface area contributed by atoms with E-state index >= 15 is 0 Å². The minimum absolute atomic E-state index is 0.162. The Morgan fingerprint density at radius 3 is 2.75 bits per heavy atom. The van der Waals surface area contributed by atoms with E-state index < -0.39 is 0 Å². The van der Waals surface area contributed by atoms with Crippen LogP contribution in [0.25, 0.3) is 0 Å². The molecular formula is C10H12OTe. The third-order valence-corrected chi connectivity index (χ3v) is 3.52. The molecule has 0 aromatic heterocycles. The fourth-order valence-electron chi connectivity index (χ4n) is 0.741. The molecule has 0 amide bonds. The van der Waals surface area contributed by atoms with Crippen LogP contribution in [-0.4, -0.2) is 27.5 Å². The van der Waals surface area contributed by atoms with Crippen molar-refractivity contribution >= 4 is 24.5 Å². The van der Waals surface area contributed by atoms with Crippen molar-refractivity contribution in [2.75, 3.05) is 6.61 Å². The van der Waals surface area contributed by atoms with E-state index in [0.717, 1.165) is 6.61 Å². The Bertz CT molecular complexity index is 231. The fourth-order valence-corrected chi connectivity index (χ4v) is 2.47. The van der Waals surface area contributed by atoms with Crippen LogP contribution in [0.4, 0.5) is 0 Å². The first-order valence-electron chi connectivity index (χ1n) is 3.92. The molecule has 0 saturated heterocycles. The van der Waals surface area contributed by atoms with Crippen molar-refractivity contribution in [1.29, 1.82) is 0 Å². The van der Waals surface area contributed by atoms with Gasteiger partial charge < -0.3 is 0 Å². The second-order valence-electron chi connectivity index (χ2n) is 2.16. The van der Waals surface area contributed by atoms with Gasteiger partial charge in [0.1, 0.15) is 0 Å². The van der Waals surface area contributed by atoms with Crippen LogP contribution in [0.5, 0.6) is 0 Å². The van der Waals surface area contributed by atoms with Crippen LogP contribution in [0.1, 0.15) is 6.92 Å². The summed E-state index contributed by atoms with van der Waals surface area (Å²) in [6.45, 7) is 2.76. The van der Waals surface area contributed by atoms with Crippen molar-refractivity contribution in [3.8, 4) is 0 Å². The topological polar surface area (TPSA) is 9.23 Å². The molecule has 0 fully saturated rings. The molecule has 0 heterocycles. The molecule has 0 aliphatic heterocycles. The molecule has 12 heavy (non-hydrogen) atoms. The molecule has 2 heteroatoms. The van der Waals surface area contributed by atoms with Gasteiger partial charge in [0.25, 0.3) is 0 Å². The van der Waals surface area contributed by atoms with Gasteiger partial charge in [-0.05, 0) is 0 Å². The van der Waals surface area contributed by atoms with E-state index in [1.165, 1.54) is 3.61 Å². The van der Waals surface area contributed by atoms with Gasteiger partial charge in [-0.3, -0.25) is 0 Å². The van der Waals surface area contributed by atoms with Gasteiger partial charge in [0.15, 0.2) is 0 Å². The third-order valence-electron chi connectivity index (χ3n) is 1.27. The summed E-state index contributed by atoms with van der Waals surface area (Å²) in [6, 6.07) is 10.5. The Labute approximate surface area is 83.5 Å². The molecule has 0 aliphatic carbocycles. The first kappa shape index (κ1) is 9.64. The zero-order chi connectivity index (χ0) is 8.65. The molecule has 0 N–H and O–H groups in total. The Kier molecular flexibility index (Phi) is 4.91. The van der Waals surface area contributed by atoms with Crippen LogP contribution in [0.2, 0.25) is 0 Å². The van der Waals surface area contributed by atoms with Crippen molar-refractivity contribution in [2.24, 2.45) is 0 Å². The van der Waals surface area contributed by atoms with Crippen molar-refractivity contribution in [2.45, 2.75) is 6.92 Å². The van der Waals surface area contributed by atoms with Gasteiger partial charge in [-0.2, -0.15) is 0 Å². The maximum atomic E-state index is 5.11. The van der Waals surface area contributed by atoms with Gasteiger partial charge in [0.2, 0.25) is 0 Å². The van der Waals surface area contributed by atoms with E-state index in [0.29, 0.717) is 0 Å². The van der Waals surface area contributed by atoms with E-state index in [-0.39, 0.29) is 20.9 Å². The second kappa shape index (κ2) is 6.11. The molecule has 0 aliphatic rings.